The van der Waals surface area contributed by atoms with Crippen molar-refractivity contribution in [2.45, 2.75) is 19.4 Å². The van der Waals surface area contributed by atoms with Gasteiger partial charge in [-0.25, -0.2) is 0 Å². The van der Waals surface area contributed by atoms with Crippen LogP contribution in [-0.2, 0) is 20.9 Å². The number of benzene rings is 2. The van der Waals surface area contributed by atoms with Crippen molar-refractivity contribution in [3.05, 3.63) is 65.7 Å². The Morgan fingerprint density at radius 2 is 1.67 bits per heavy atom. The van der Waals surface area contributed by atoms with Gasteiger partial charge in [0, 0.05) is 19.6 Å². The van der Waals surface area contributed by atoms with Crippen molar-refractivity contribution in [3.8, 4) is 5.75 Å². The second kappa shape index (κ2) is 10.4. The fourth-order valence-electron chi connectivity index (χ4n) is 3.42. The molecule has 0 saturated carbocycles. The van der Waals surface area contributed by atoms with Crippen molar-refractivity contribution >= 4 is 17.8 Å². The van der Waals surface area contributed by atoms with Gasteiger partial charge >= 0.3 is 5.97 Å². The lowest BCUT2D eigenvalue weighted by molar-refractivity contribution is -0.149. The van der Waals surface area contributed by atoms with Gasteiger partial charge < -0.3 is 19.7 Å². The molecule has 7 nitrogen and oxygen atoms in total. The first-order valence-electron chi connectivity index (χ1n) is 9.98. The lowest BCUT2D eigenvalue weighted by atomic mass is 9.97. The molecule has 1 heterocycles. The molecule has 2 amide bonds. The third-order valence-corrected chi connectivity index (χ3v) is 5.16. The fourth-order valence-corrected chi connectivity index (χ4v) is 3.42. The van der Waals surface area contributed by atoms with Crippen LogP contribution in [0.5, 0.6) is 5.75 Å². The molecule has 1 saturated heterocycles. The smallest absolute Gasteiger partial charge is 0.308 e. The zero-order chi connectivity index (χ0) is 21.3. The Morgan fingerprint density at radius 3 is 2.37 bits per heavy atom. The summed E-state index contributed by atoms with van der Waals surface area (Å²) in [6.07, 6.45) is 1.16. The second-order valence-corrected chi connectivity index (χ2v) is 7.13. The highest BCUT2D eigenvalue weighted by atomic mass is 16.5. The van der Waals surface area contributed by atoms with Gasteiger partial charge in [0.05, 0.1) is 18.6 Å². The van der Waals surface area contributed by atoms with Gasteiger partial charge in [-0.1, -0.05) is 42.5 Å². The van der Waals surface area contributed by atoms with Crippen molar-refractivity contribution < 1.29 is 23.9 Å². The Balaban J connectivity index is 1.53. The van der Waals surface area contributed by atoms with E-state index in [-0.39, 0.29) is 30.3 Å². The summed E-state index contributed by atoms with van der Waals surface area (Å²) < 4.78 is 10.4. The molecule has 0 spiro atoms. The molecule has 1 N–H and O–H groups in total. The van der Waals surface area contributed by atoms with Gasteiger partial charge in [0.25, 0.3) is 11.8 Å². The van der Waals surface area contributed by atoms with Crippen molar-refractivity contribution in [2.75, 3.05) is 26.8 Å². The monoisotopic (exact) mass is 410 g/mol. The maximum atomic E-state index is 12.6. The van der Waals surface area contributed by atoms with Gasteiger partial charge in [-0.2, -0.15) is 0 Å². The van der Waals surface area contributed by atoms with Crippen LogP contribution >= 0.6 is 0 Å². The molecule has 0 unspecified atom stereocenters. The number of likely N-dealkylation sites (tertiary alicyclic amines) is 1. The number of carbonyl (C=O) groups is 3. The molecule has 2 aromatic rings. The number of hydrogen-bond donors (Lipinski definition) is 1. The highest BCUT2D eigenvalue weighted by Crippen LogP contribution is 2.20. The standard InChI is InChI=1S/C23H26N2O5/c1-29-23(28)18-11-13-25(14-12-18)21(26)16-30-20-10-6-5-9-19(20)22(27)24-15-17-7-3-2-4-8-17/h2-10,18H,11-16H2,1H3,(H,24,27). The molecule has 0 aromatic heterocycles. The Hall–Kier alpha value is -3.35. The topological polar surface area (TPSA) is 84.9 Å². The summed E-state index contributed by atoms with van der Waals surface area (Å²) in [5.41, 5.74) is 1.38. The molecular weight excluding hydrogens is 384 g/mol. The van der Waals surface area contributed by atoms with Crippen molar-refractivity contribution in [1.29, 1.82) is 0 Å². The van der Waals surface area contributed by atoms with E-state index in [2.05, 4.69) is 5.32 Å². The van der Waals surface area contributed by atoms with Crippen LogP contribution in [0.3, 0.4) is 0 Å². The number of nitrogens with one attached hydrogen (secondary N) is 1. The molecule has 7 heteroatoms. The van der Waals surface area contributed by atoms with Gasteiger partial charge in [0.2, 0.25) is 0 Å². The molecule has 0 atom stereocenters. The number of nitrogens with zero attached hydrogens (tertiary/aromatic N) is 1. The van der Waals surface area contributed by atoms with Crippen molar-refractivity contribution in [2.24, 2.45) is 5.92 Å². The quantitative estimate of drug-likeness (QED) is 0.709. The Bertz CT molecular complexity index is 876. The van der Waals surface area contributed by atoms with Crippen LogP contribution in [0.4, 0.5) is 0 Å². The number of para-hydroxylation sites is 1. The average Bonchev–Trinajstić information content (AvgIpc) is 2.81. The van der Waals surface area contributed by atoms with Crippen LogP contribution < -0.4 is 10.1 Å². The first-order valence-corrected chi connectivity index (χ1v) is 9.98. The number of amides is 2. The normalized spacial score (nSPS) is 14.1. The minimum atomic E-state index is -0.263. The third kappa shape index (κ3) is 5.59. The predicted molar refractivity (Wildman–Crippen MR) is 111 cm³/mol. The molecular formula is C23H26N2O5. The number of piperidine rings is 1. The van der Waals surface area contributed by atoms with Crippen LogP contribution in [0, 0.1) is 5.92 Å². The first kappa shape index (κ1) is 21.4. The molecule has 1 aliphatic heterocycles. The Kier molecular flexibility index (Phi) is 7.43. The van der Waals surface area contributed by atoms with Crippen LogP contribution in [0.1, 0.15) is 28.8 Å². The highest BCUT2D eigenvalue weighted by Gasteiger charge is 2.28. The summed E-state index contributed by atoms with van der Waals surface area (Å²) in [6, 6.07) is 16.5. The van der Waals surface area contributed by atoms with Gasteiger partial charge in [0.15, 0.2) is 6.61 Å². The molecule has 30 heavy (non-hydrogen) atoms. The summed E-state index contributed by atoms with van der Waals surface area (Å²) in [4.78, 5) is 38.4. The Morgan fingerprint density at radius 1 is 1.00 bits per heavy atom. The van der Waals surface area contributed by atoms with E-state index in [1.165, 1.54) is 7.11 Å². The van der Waals surface area contributed by atoms with Crippen LogP contribution in [-0.4, -0.2) is 49.5 Å². The number of esters is 1. The van der Waals surface area contributed by atoms with Crippen molar-refractivity contribution in [1.82, 2.24) is 10.2 Å². The van der Waals surface area contributed by atoms with Gasteiger partial charge in [-0.05, 0) is 30.5 Å². The minimum absolute atomic E-state index is 0.158. The van der Waals surface area contributed by atoms with E-state index in [9.17, 15) is 14.4 Å². The Labute approximate surface area is 176 Å². The maximum absolute atomic E-state index is 12.6. The molecule has 1 fully saturated rings. The molecule has 158 valence electrons. The van der Waals surface area contributed by atoms with E-state index in [1.54, 1.807) is 29.2 Å². The van der Waals surface area contributed by atoms with E-state index in [0.29, 0.717) is 43.8 Å². The van der Waals surface area contributed by atoms with Crippen molar-refractivity contribution in [3.63, 3.8) is 0 Å². The lowest BCUT2D eigenvalue weighted by Crippen LogP contribution is -2.42. The molecule has 1 aliphatic rings. The minimum Gasteiger partial charge on any atom is -0.483 e. The van der Waals surface area contributed by atoms with Crippen LogP contribution in [0.25, 0.3) is 0 Å². The number of carbonyl (C=O) groups excluding carboxylic acids is 3. The number of rotatable bonds is 7. The van der Waals surface area contributed by atoms with E-state index < -0.39 is 0 Å². The zero-order valence-corrected chi connectivity index (χ0v) is 17.0. The van der Waals surface area contributed by atoms with E-state index in [4.69, 9.17) is 9.47 Å². The highest BCUT2D eigenvalue weighted by molar-refractivity contribution is 5.97. The van der Waals surface area contributed by atoms with Gasteiger partial charge in [-0.15, -0.1) is 0 Å². The summed E-state index contributed by atoms with van der Waals surface area (Å²) in [6.45, 7) is 1.22. The number of methoxy groups -OCH3 is 1. The third-order valence-electron chi connectivity index (χ3n) is 5.16. The number of hydrogen-bond acceptors (Lipinski definition) is 5. The van der Waals surface area contributed by atoms with Crippen LogP contribution in [0.15, 0.2) is 54.6 Å². The zero-order valence-electron chi connectivity index (χ0n) is 17.0. The van der Waals surface area contributed by atoms with Gasteiger partial charge in [0.1, 0.15) is 5.75 Å². The second-order valence-electron chi connectivity index (χ2n) is 7.13. The summed E-state index contributed by atoms with van der Waals surface area (Å²) in [5, 5.41) is 2.87. The maximum Gasteiger partial charge on any atom is 0.308 e. The summed E-state index contributed by atoms with van der Waals surface area (Å²) in [7, 11) is 1.38. The van der Waals surface area contributed by atoms with E-state index >= 15 is 0 Å². The largest absolute Gasteiger partial charge is 0.483 e. The molecule has 2 aromatic carbocycles. The summed E-state index contributed by atoms with van der Waals surface area (Å²) in [5.74, 6) is -0.456. The number of ether oxygens (including phenoxy) is 2. The fraction of sp³-hybridized carbons (Fsp3) is 0.348. The molecule has 3 rings (SSSR count). The average molecular weight is 410 g/mol. The molecule has 0 aliphatic carbocycles. The van der Waals surface area contributed by atoms with Crippen LogP contribution in [0.2, 0.25) is 0 Å². The SMILES string of the molecule is COC(=O)C1CCN(C(=O)COc2ccccc2C(=O)NCc2ccccc2)CC1. The lowest BCUT2D eigenvalue weighted by Gasteiger charge is -2.30. The molecule has 0 bridgehead atoms. The van der Waals surface area contributed by atoms with E-state index in [1.807, 2.05) is 30.3 Å². The first-order chi connectivity index (χ1) is 14.6. The molecule has 0 radical (unpaired) electrons. The van der Waals surface area contributed by atoms with Gasteiger partial charge in [-0.3, -0.25) is 14.4 Å². The van der Waals surface area contributed by atoms with E-state index in [0.717, 1.165) is 5.56 Å². The predicted octanol–water partition coefficient (Wildman–Crippen LogP) is 2.41. The summed E-state index contributed by atoms with van der Waals surface area (Å²) >= 11 is 0.